The van der Waals surface area contributed by atoms with Crippen LogP contribution >= 0.6 is 11.6 Å². The second-order valence-electron chi connectivity index (χ2n) is 7.94. The molecular formula is C24H23ClN4O2. The summed E-state index contributed by atoms with van der Waals surface area (Å²) in [4.78, 5) is 15.5. The number of hydrogen-bond acceptors (Lipinski definition) is 3. The number of rotatable bonds is 6. The zero-order valence-corrected chi connectivity index (χ0v) is 17.9. The van der Waals surface area contributed by atoms with Crippen LogP contribution in [0.5, 0.6) is 5.75 Å². The molecule has 0 aliphatic carbocycles. The predicted octanol–water partition coefficient (Wildman–Crippen LogP) is 4.50. The molecule has 0 spiro atoms. The Morgan fingerprint density at radius 2 is 2.19 bits per heavy atom. The van der Waals surface area contributed by atoms with Crippen LogP contribution in [0.3, 0.4) is 0 Å². The molecule has 2 aromatic heterocycles. The minimum absolute atomic E-state index is 0.0103. The number of H-pyrrole nitrogens is 1. The van der Waals surface area contributed by atoms with Crippen LogP contribution in [0.2, 0.25) is 5.02 Å². The van der Waals surface area contributed by atoms with E-state index >= 15 is 0 Å². The Morgan fingerprint density at radius 3 is 3.03 bits per heavy atom. The van der Waals surface area contributed by atoms with Gasteiger partial charge in [-0.3, -0.25) is 9.48 Å². The van der Waals surface area contributed by atoms with E-state index in [4.69, 9.17) is 16.3 Å². The fourth-order valence-corrected chi connectivity index (χ4v) is 4.30. The van der Waals surface area contributed by atoms with Crippen LogP contribution in [0.25, 0.3) is 22.0 Å². The number of aromatic nitrogens is 3. The van der Waals surface area contributed by atoms with Gasteiger partial charge in [-0.25, -0.2) is 0 Å². The Hall–Kier alpha value is -3.25. The van der Waals surface area contributed by atoms with Gasteiger partial charge < -0.3 is 15.0 Å². The minimum Gasteiger partial charge on any atom is -0.487 e. The summed E-state index contributed by atoms with van der Waals surface area (Å²) < 4.78 is 8.04. The highest BCUT2D eigenvalue weighted by Gasteiger charge is 2.27. The summed E-state index contributed by atoms with van der Waals surface area (Å²) in [5.74, 6) is 0.842. The first kappa shape index (κ1) is 19.7. The maximum absolute atomic E-state index is 12.3. The maximum Gasteiger partial charge on any atom is 0.221 e. The third-order valence-electron chi connectivity index (χ3n) is 5.60. The molecule has 1 aliphatic heterocycles. The average molecular weight is 435 g/mol. The lowest BCUT2D eigenvalue weighted by Crippen LogP contribution is -2.34. The summed E-state index contributed by atoms with van der Waals surface area (Å²) in [7, 11) is 0. The van der Waals surface area contributed by atoms with Gasteiger partial charge in [0, 0.05) is 53.4 Å². The highest BCUT2D eigenvalue weighted by molar-refractivity contribution is 6.31. The number of hydrogen-bond donors (Lipinski definition) is 2. The summed E-state index contributed by atoms with van der Waals surface area (Å²) >= 11 is 6.41. The van der Waals surface area contributed by atoms with Crippen molar-refractivity contribution in [1.82, 2.24) is 20.1 Å². The zero-order valence-electron chi connectivity index (χ0n) is 17.2. The van der Waals surface area contributed by atoms with Crippen LogP contribution in [0.1, 0.15) is 17.7 Å². The lowest BCUT2D eigenvalue weighted by Gasteiger charge is -2.14. The lowest BCUT2D eigenvalue weighted by atomic mass is 9.99. The standard InChI is InChI=1S/C24H23ClN4O2/c1-15-5-8-29(28-15)9-6-23(30)27-14-20-12-18-11-19(25)13-21(24(18)31-20)16-2-3-22-17(10-16)4-7-26-22/h2-5,7-8,10-11,13,20,26H,6,9,12,14H2,1H3,(H,27,30). The van der Waals surface area contributed by atoms with E-state index in [0.29, 0.717) is 31.0 Å². The molecule has 2 N–H and O–H groups in total. The van der Waals surface area contributed by atoms with E-state index in [-0.39, 0.29) is 12.0 Å². The van der Waals surface area contributed by atoms with Gasteiger partial charge >= 0.3 is 0 Å². The molecule has 1 aliphatic rings. The summed E-state index contributed by atoms with van der Waals surface area (Å²) in [6.07, 6.45) is 4.80. The molecule has 1 amide bonds. The van der Waals surface area contributed by atoms with Crippen LogP contribution in [-0.4, -0.2) is 33.3 Å². The van der Waals surface area contributed by atoms with Crippen molar-refractivity contribution in [1.29, 1.82) is 0 Å². The van der Waals surface area contributed by atoms with Gasteiger partial charge in [-0.1, -0.05) is 17.7 Å². The number of aryl methyl sites for hydroxylation is 2. The van der Waals surface area contributed by atoms with Crippen molar-refractivity contribution in [3.05, 3.63) is 71.1 Å². The molecule has 158 valence electrons. The van der Waals surface area contributed by atoms with Crippen molar-refractivity contribution in [2.75, 3.05) is 6.54 Å². The van der Waals surface area contributed by atoms with Crippen LogP contribution in [0.15, 0.2) is 54.9 Å². The molecule has 31 heavy (non-hydrogen) atoms. The van der Waals surface area contributed by atoms with Gasteiger partial charge in [-0.05, 0) is 54.3 Å². The monoisotopic (exact) mass is 434 g/mol. The number of nitrogens with one attached hydrogen (secondary N) is 2. The molecule has 2 aromatic carbocycles. The average Bonchev–Trinajstić information content (AvgIpc) is 3.48. The molecule has 0 bridgehead atoms. The quantitative estimate of drug-likeness (QED) is 0.469. The topological polar surface area (TPSA) is 71.9 Å². The second kappa shape index (κ2) is 8.12. The van der Waals surface area contributed by atoms with Gasteiger partial charge in [0.15, 0.2) is 0 Å². The predicted molar refractivity (Wildman–Crippen MR) is 121 cm³/mol. The highest BCUT2D eigenvalue weighted by Crippen LogP contribution is 2.41. The highest BCUT2D eigenvalue weighted by atomic mass is 35.5. The van der Waals surface area contributed by atoms with Crippen molar-refractivity contribution in [3.63, 3.8) is 0 Å². The molecule has 0 saturated carbocycles. The molecule has 1 atom stereocenters. The van der Waals surface area contributed by atoms with Gasteiger partial charge in [-0.15, -0.1) is 0 Å². The molecular weight excluding hydrogens is 412 g/mol. The van der Waals surface area contributed by atoms with Crippen LogP contribution in [-0.2, 0) is 17.8 Å². The number of benzene rings is 2. The first-order chi connectivity index (χ1) is 15.0. The van der Waals surface area contributed by atoms with Crippen molar-refractivity contribution in [2.45, 2.75) is 32.4 Å². The number of halogens is 1. The normalized spacial score (nSPS) is 15.1. The molecule has 0 fully saturated rings. The Labute approximate surface area is 185 Å². The van der Waals surface area contributed by atoms with E-state index in [1.807, 2.05) is 43.6 Å². The Kier molecular flexibility index (Phi) is 5.16. The van der Waals surface area contributed by atoms with Crippen molar-refractivity contribution in [2.24, 2.45) is 0 Å². The van der Waals surface area contributed by atoms with E-state index in [2.05, 4.69) is 33.6 Å². The molecule has 0 saturated heterocycles. The van der Waals surface area contributed by atoms with E-state index < -0.39 is 0 Å². The molecule has 5 rings (SSSR count). The summed E-state index contributed by atoms with van der Waals surface area (Å²) in [6.45, 7) is 2.95. The van der Waals surface area contributed by atoms with Crippen molar-refractivity contribution < 1.29 is 9.53 Å². The molecule has 0 radical (unpaired) electrons. The maximum atomic E-state index is 12.3. The second-order valence-corrected chi connectivity index (χ2v) is 8.38. The Morgan fingerprint density at radius 1 is 1.29 bits per heavy atom. The number of amides is 1. The van der Waals surface area contributed by atoms with Crippen molar-refractivity contribution in [3.8, 4) is 16.9 Å². The van der Waals surface area contributed by atoms with Crippen LogP contribution in [0, 0.1) is 6.92 Å². The smallest absolute Gasteiger partial charge is 0.221 e. The largest absolute Gasteiger partial charge is 0.487 e. The number of aromatic amines is 1. The molecule has 3 heterocycles. The number of ether oxygens (including phenoxy) is 1. The van der Waals surface area contributed by atoms with Crippen molar-refractivity contribution >= 4 is 28.4 Å². The fraction of sp³-hybridized carbons (Fsp3) is 0.250. The number of nitrogens with zero attached hydrogens (tertiary/aromatic N) is 2. The summed E-state index contributed by atoms with van der Waals surface area (Å²) in [5, 5.41) is 9.12. The molecule has 4 aromatic rings. The van der Waals surface area contributed by atoms with E-state index in [1.54, 1.807) is 4.68 Å². The summed E-state index contributed by atoms with van der Waals surface area (Å²) in [6, 6.07) is 14.1. The number of carbonyl (C=O) groups is 1. The fourth-order valence-electron chi connectivity index (χ4n) is 4.06. The molecule has 1 unspecified atom stereocenters. The lowest BCUT2D eigenvalue weighted by molar-refractivity contribution is -0.121. The first-order valence-corrected chi connectivity index (χ1v) is 10.8. The Balaban J connectivity index is 1.26. The van der Waals surface area contributed by atoms with Gasteiger partial charge in [-0.2, -0.15) is 5.10 Å². The van der Waals surface area contributed by atoms with E-state index in [0.717, 1.165) is 39.0 Å². The molecule has 7 heteroatoms. The zero-order chi connectivity index (χ0) is 21.4. The minimum atomic E-state index is -0.112. The number of fused-ring (bicyclic) bond motifs is 2. The van der Waals surface area contributed by atoms with Gasteiger partial charge in [0.2, 0.25) is 5.91 Å². The van der Waals surface area contributed by atoms with Crippen LogP contribution in [0.4, 0.5) is 0 Å². The SMILES string of the molecule is Cc1ccn(CCC(=O)NCC2Cc3cc(Cl)cc(-c4ccc5[nH]ccc5c4)c3O2)n1. The third kappa shape index (κ3) is 4.16. The first-order valence-electron chi connectivity index (χ1n) is 10.4. The van der Waals surface area contributed by atoms with Crippen LogP contribution < -0.4 is 10.1 Å². The third-order valence-corrected chi connectivity index (χ3v) is 5.81. The summed E-state index contributed by atoms with van der Waals surface area (Å²) in [5.41, 5.74) is 5.15. The van der Waals surface area contributed by atoms with E-state index in [9.17, 15) is 4.79 Å². The molecule has 6 nitrogen and oxygen atoms in total. The van der Waals surface area contributed by atoms with Gasteiger partial charge in [0.1, 0.15) is 11.9 Å². The van der Waals surface area contributed by atoms with E-state index in [1.165, 1.54) is 0 Å². The van der Waals surface area contributed by atoms with Gasteiger partial charge in [0.05, 0.1) is 12.2 Å². The van der Waals surface area contributed by atoms with Gasteiger partial charge in [0.25, 0.3) is 0 Å². The number of carbonyl (C=O) groups excluding carboxylic acids is 1. The Bertz CT molecular complexity index is 1260.